The maximum Gasteiger partial charge on any atom is 0.408 e. The second kappa shape index (κ2) is 16.3. The molecule has 3 amide bonds. The van der Waals surface area contributed by atoms with Gasteiger partial charge in [0.2, 0.25) is 11.8 Å². The number of aliphatic carboxylic acids is 1. The number of carbonyl (C=O) groups excluding carboxylic acids is 3. The highest BCUT2D eigenvalue weighted by molar-refractivity contribution is 5.96. The summed E-state index contributed by atoms with van der Waals surface area (Å²) < 4.78 is 5.56. The number of hydrazine groups is 2. The van der Waals surface area contributed by atoms with Gasteiger partial charge in [-0.1, -0.05) is 44.3 Å². The maximum atomic E-state index is 14.6. The molecular formula is C39H65N7O6. The van der Waals surface area contributed by atoms with Crippen LogP contribution in [0.1, 0.15) is 124 Å². The molecule has 3 saturated carbocycles. The van der Waals surface area contributed by atoms with Gasteiger partial charge in [-0.3, -0.25) is 9.59 Å². The van der Waals surface area contributed by atoms with Crippen LogP contribution < -0.4 is 21.5 Å². The number of rotatable bonds is 6. The van der Waals surface area contributed by atoms with Crippen LogP contribution in [-0.2, 0) is 19.1 Å². The van der Waals surface area contributed by atoms with E-state index in [0.29, 0.717) is 43.6 Å². The van der Waals surface area contributed by atoms with E-state index in [4.69, 9.17) is 4.74 Å². The van der Waals surface area contributed by atoms with Crippen molar-refractivity contribution in [2.45, 2.75) is 171 Å². The van der Waals surface area contributed by atoms with Crippen molar-refractivity contribution in [2.24, 2.45) is 17.8 Å². The van der Waals surface area contributed by atoms with Gasteiger partial charge in [-0.25, -0.2) is 20.4 Å². The van der Waals surface area contributed by atoms with Crippen molar-refractivity contribution < 1.29 is 29.0 Å². The van der Waals surface area contributed by atoms with E-state index in [9.17, 15) is 24.3 Å². The van der Waals surface area contributed by atoms with Crippen molar-refractivity contribution in [3.63, 3.8) is 0 Å². The lowest BCUT2D eigenvalue weighted by Gasteiger charge is -2.38. The third-order valence-electron chi connectivity index (χ3n) is 12.8. The van der Waals surface area contributed by atoms with Crippen molar-refractivity contribution in [1.29, 1.82) is 0 Å². The molecule has 5 fully saturated rings. The van der Waals surface area contributed by atoms with Gasteiger partial charge in [0, 0.05) is 30.6 Å². The quantitative estimate of drug-likeness (QED) is 0.253. The average Bonchev–Trinajstić information content (AvgIpc) is 3.40. The van der Waals surface area contributed by atoms with E-state index in [2.05, 4.69) is 45.6 Å². The topological polar surface area (TPSA) is 156 Å². The van der Waals surface area contributed by atoms with Crippen LogP contribution >= 0.6 is 0 Å². The van der Waals surface area contributed by atoms with Crippen LogP contribution in [-0.4, -0.2) is 112 Å². The molecule has 7 atom stereocenters. The fourth-order valence-corrected chi connectivity index (χ4v) is 9.71. The van der Waals surface area contributed by atoms with Crippen molar-refractivity contribution >= 4 is 23.9 Å². The number of carboxylic acid groups (broad SMARTS) is 1. The van der Waals surface area contributed by atoms with E-state index < -0.39 is 41.2 Å². The summed E-state index contributed by atoms with van der Waals surface area (Å²) in [7, 11) is 4.35. The van der Waals surface area contributed by atoms with Crippen LogP contribution in [0.2, 0.25) is 0 Å². The number of alkyl carbamates (subject to hydrolysis) is 1. The third kappa shape index (κ3) is 8.96. The van der Waals surface area contributed by atoms with E-state index in [0.717, 1.165) is 32.1 Å². The fourth-order valence-electron chi connectivity index (χ4n) is 9.71. The van der Waals surface area contributed by atoms with E-state index in [-0.39, 0.29) is 36.5 Å². The molecule has 0 aromatic rings. The van der Waals surface area contributed by atoms with Crippen molar-refractivity contribution in [3.05, 3.63) is 12.2 Å². The second-order valence-corrected chi connectivity index (χ2v) is 17.8. The minimum Gasteiger partial charge on any atom is -0.479 e. The molecule has 0 aromatic carbocycles. The molecular weight excluding hydrogens is 662 g/mol. The Bertz CT molecular complexity index is 1320. The number of fused-ring (bicyclic) bond motifs is 2. The summed E-state index contributed by atoms with van der Waals surface area (Å²) in [5, 5.41) is 18.1. The molecule has 3 aliphatic heterocycles. The summed E-state index contributed by atoms with van der Waals surface area (Å²) in [6, 6.07) is -0.871. The average molecular weight is 728 g/mol. The lowest BCUT2D eigenvalue weighted by Crippen LogP contribution is -2.56. The first-order chi connectivity index (χ1) is 24.8. The van der Waals surface area contributed by atoms with Gasteiger partial charge in [0.25, 0.3) is 0 Å². The molecule has 0 radical (unpaired) electrons. The van der Waals surface area contributed by atoms with Crippen LogP contribution in [0.5, 0.6) is 0 Å². The van der Waals surface area contributed by atoms with Crippen molar-refractivity contribution in [1.82, 2.24) is 36.4 Å². The molecule has 6 aliphatic rings. The highest BCUT2D eigenvalue weighted by Crippen LogP contribution is 2.46. The predicted molar refractivity (Wildman–Crippen MR) is 198 cm³/mol. The minimum absolute atomic E-state index is 0.231. The van der Waals surface area contributed by atoms with Gasteiger partial charge in [0.05, 0.1) is 6.04 Å². The molecule has 3 heterocycles. The molecule has 52 heavy (non-hydrogen) atoms. The molecule has 13 nitrogen and oxygen atoms in total. The van der Waals surface area contributed by atoms with Gasteiger partial charge in [-0.2, -0.15) is 5.12 Å². The number of allylic oxidation sites excluding steroid dienone is 1. The zero-order valence-electron chi connectivity index (χ0n) is 32.2. The Morgan fingerprint density at radius 1 is 0.923 bits per heavy atom. The summed E-state index contributed by atoms with van der Waals surface area (Å²) >= 11 is 0. The monoisotopic (exact) mass is 727 g/mol. The Labute approximate surface area is 310 Å². The van der Waals surface area contributed by atoms with Crippen LogP contribution in [0.4, 0.5) is 4.79 Å². The standard InChI is InChI=1S/C39H65N7O6/c1-38(2,3)52-37(51)40-30-17-13-8-6-7-12-16-27-23-39(27,36(49)50)41-34(47)31-22-29(24-45(31)35(30)48)46-42-32(25-14-10-9-11-15-25)33(43-46)26-18-20-28(21-19-26)44(4)5/h12,16,25-33,42-43H,6-11,13-15,17-24H2,1-5H3,(H,40,51)(H,41,47)(H,49,50)/b16-12-/t26?,27-,28?,29+,30+,31+,32?,33?,39-/m1/s1. The molecule has 0 aromatic heterocycles. The molecule has 3 aliphatic carbocycles. The minimum atomic E-state index is -1.37. The van der Waals surface area contributed by atoms with Gasteiger partial charge in [-0.15, -0.1) is 0 Å². The van der Waals surface area contributed by atoms with Gasteiger partial charge in [-0.05, 0) is 117 Å². The molecule has 0 bridgehead atoms. The largest absolute Gasteiger partial charge is 0.479 e. The second-order valence-electron chi connectivity index (χ2n) is 17.8. The number of hydrogen-bond acceptors (Lipinski definition) is 9. The lowest BCUT2D eigenvalue weighted by molar-refractivity contribution is -0.145. The first-order valence-corrected chi connectivity index (χ1v) is 20.3. The van der Waals surface area contributed by atoms with Crippen LogP contribution in [0, 0.1) is 17.8 Å². The van der Waals surface area contributed by atoms with Gasteiger partial charge < -0.3 is 30.3 Å². The van der Waals surface area contributed by atoms with Gasteiger partial charge in [0.15, 0.2) is 0 Å². The fraction of sp³-hybridized carbons (Fsp3) is 0.846. The molecule has 6 rings (SSSR count). The maximum absolute atomic E-state index is 14.6. The molecule has 5 N–H and O–H groups in total. The summed E-state index contributed by atoms with van der Waals surface area (Å²) in [6.07, 6.45) is 18.4. The Morgan fingerprint density at radius 3 is 2.19 bits per heavy atom. The van der Waals surface area contributed by atoms with Crippen LogP contribution in [0.15, 0.2) is 12.2 Å². The number of nitrogens with zero attached hydrogens (tertiary/aromatic N) is 3. The Hall–Kier alpha value is -2.74. The highest BCUT2D eigenvalue weighted by atomic mass is 16.6. The summed E-state index contributed by atoms with van der Waals surface area (Å²) in [5.74, 6) is -1.06. The zero-order chi connectivity index (χ0) is 37.2. The van der Waals surface area contributed by atoms with Gasteiger partial charge in [0.1, 0.15) is 23.2 Å². The lowest BCUT2D eigenvalue weighted by atomic mass is 9.74. The molecule has 2 unspecified atom stereocenters. The Kier molecular flexibility index (Phi) is 12.2. The normalized spacial score (nSPS) is 37.7. The number of nitrogens with one attached hydrogen (secondary N) is 4. The number of carbonyl (C=O) groups is 4. The van der Waals surface area contributed by atoms with Crippen molar-refractivity contribution in [3.8, 4) is 0 Å². The van der Waals surface area contributed by atoms with Crippen molar-refractivity contribution in [2.75, 3.05) is 20.6 Å². The SMILES string of the molecule is CN(C)C1CCC(C2NN([C@H]3C[C@H]4C(=O)N[C@]5(C(=O)O)C[C@H]5/C=C\CCCCC[C@H](NC(=O)OC(C)(C)C)C(=O)N4C3)NC2C2CCCCC2)CC1. The number of ether oxygens (including phenoxy) is 1. The Balaban J connectivity index is 1.26. The summed E-state index contributed by atoms with van der Waals surface area (Å²) in [4.78, 5) is 58.4. The molecule has 2 saturated heterocycles. The number of hydrogen-bond donors (Lipinski definition) is 5. The van der Waals surface area contributed by atoms with Gasteiger partial charge >= 0.3 is 12.1 Å². The molecule has 0 spiro atoms. The summed E-state index contributed by atoms with van der Waals surface area (Å²) in [6.45, 7) is 5.62. The first-order valence-electron chi connectivity index (χ1n) is 20.3. The van der Waals surface area contributed by atoms with E-state index in [1.807, 2.05) is 12.2 Å². The van der Waals surface area contributed by atoms with Crippen LogP contribution in [0.25, 0.3) is 0 Å². The van der Waals surface area contributed by atoms with E-state index >= 15 is 0 Å². The summed E-state index contributed by atoms with van der Waals surface area (Å²) in [5.41, 5.74) is 5.66. The molecule has 292 valence electrons. The first kappa shape index (κ1) is 39.0. The third-order valence-corrected chi connectivity index (χ3v) is 12.8. The van der Waals surface area contributed by atoms with Crippen LogP contribution in [0.3, 0.4) is 0 Å². The number of carboxylic acids is 1. The zero-order valence-corrected chi connectivity index (χ0v) is 32.2. The smallest absolute Gasteiger partial charge is 0.408 e. The highest BCUT2D eigenvalue weighted by Gasteiger charge is 2.61. The molecule has 13 heteroatoms. The Morgan fingerprint density at radius 2 is 1.56 bits per heavy atom. The van der Waals surface area contributed by atoms with E-state index in [1.54, 1.807) is 25.7 Å². The van der Waals surface area contributed by atoms with E-state index in [1.165, 1.54) is 44.9 Å². The predicted octanol–water partition coefficient (Wildman–Crippen LogP) is 4.09. The number of amides is 3.